The average Bonchev–Trinajstić information content (AvgIpc) is 2.27. The summed E-state index contributed by atoms with van der Waals surface area (Å²) in [4.78, 5) is 0. The van der Waals surface area contributed by atoms with Gasteiger partial charge >= 0.3 is 0 Å². The topological polar surface area (TPSA) is 20.2 Å². The minimum atomic E-state index is 0.258. The first-order valence-corrected chi connectivity index (χ1v) is 5.20. The van der Waals surface area contributed by atoms with Crippen LogP contribution in [-0.2, 0) is 6.42 Å². The Morgan fingerprint density at radius 3 is 2.86 bits per heavy atom. The maximum atomic E-state index is 9.09. The highest BCUT2D eigenvalue weighted by Crippen LogP contribution is 2.27. The molecule has 1 aromatic carbocycles. The summed E-state index contributed by atoms with van der Waals surface area (Å²) >= 11 is 0. The molecule has 1 nitrogen and oxygen atoms in total. The van der Waals surface area contributed by atoms with Crippen molar-refractivity contribution in [3.8, 4) is 0 Å². The summed E-state index contributed by atoms with van der Waals surface area (Å²) in [5.41, 5.74) is 4.14. The van der Waals surface area contributed by atoms with Gasteiger partial charge in [-0.15, -0.1) is 0 Å². The van der Waals surface area contributed by atoms with Crippen molar-refractivity contribution in [3.63, 3.8) is 0 Å². The van der Waals surface area contributed by atoms with Crippen LogP contribution in [0.3, 0.4) is 0 Å². The zero-order valence-corrected chi connectivity index (χ0v) is 8.53. The molecule has 0 bridgehead atoms. The molecule has 1 unspecified atom stereocenters. The molecule has 0 saturated heterocycles. The van der Waals surface area contributed by atoms with Gasteiger partial charge in [0, 0.05) is 12.5 Å². The van der Waals surface area contributed by atoms with E-state index < -0.39 is 0 Å². The van der Waals surface area contributed by atoms with Crippen LogP contribution in [0.15, 0.2) is 29.8 Å². The average molecular weight is 188 g/mol. The van der Waals surface area contributed by atoms with Crippen LogP contribution in [0.1, 0.15) is 24.5 Å². The minimum Gasteiger partial charge on any atom is -0.396 e. The highest BCUT2D eigenvalue weighted by atomic mass is 16.3. The number of aliphatic hydroxyl groups excluding tert-OH is 1. The molecule has 1 aliphatic rings. The maximum Gasteiger partial charge on any atom is 0.0493 e. The van der Waals surface area contributed by atoms with Crippen LogP contribution in [0.2, 0.25) is 0 Å². The van der Waals surface area contributed by atoms with Gasteiger partial charge in [-0.1, -0.05) is 42.8 Å². The highest BCUT2D eigenvalue weighted by Gasteiger charge is 2.13. The summed E-state index contributed by atoms with van der Waals surface area (Å²) in [6, 6.07) is 8.50. The summed E-state index contributed by atoms with van der Waals surface area (Å²) in [6.07, 6.45) is 4.45. The number of aryl methyl sites for hydroxylation is 1. The molecule has 1 aromatic rings. The standard InChI is InChI=1S/C13H16O/c1-10(9-14)12-7-6-11-4-2-3-5-13(11)8-12/h2-5,8,10,14H,6-7,9H2,1H3. The van der Waals surface area contributed by atoms with Gasteiger partial charge in [0.25, 0.3) is 0 Å². The second-order valence-corrected chi connectivity index (χ2v) is 4.00. The molecule has 0 fully saturated rings. The Hall–Kier alpha value is -1.08. The van der Waals surface area contributed by atoms with Gasteiger partial charge in [0.15, 0.2) is 0 Å². The Morgan fingerprint density at radius 2 is 2.07 bits per heavy atom. The van der Waals surface area contributed by atoms with E-state index in [9.17, 15) is 0 Å². The SMILES string of the molecule is CC(CO)C1=Cc2ccccc2CC1. The lowest BCUT2D eigenvalue weighted by Crippen LogP contribution is -2.09. The lowest BCUT2D eigenvalue weighted by Gasteiger charge is -2.19. The predicted octanol–water partition coefficient (Wildman–Crippen LogP) is 2.64. The van der Waals surface area contributed by atoms with Gasteiger partial charge < -0.3 is 5.11 Å². The lowest BCUT2D eigenvalue weighted by atomic mass is 9.87. The molecule has 0 amide bonds. The molecule has 0 spiro atoms. The molecule has 14 heavy (non-hydrogen) atoms. The number of fused-ring (bicyclic) bond motifs is 1. The summed E-state index contributed by atoms with van der Waals surface area (Å²) in [7, 11) is 0. The fourth-order valence-corrected chi connectivity index (χ4v) is 1.96. The Bertz CT molecular complexity index is 352. The number of hydrogen-bond acceptors (Lipinski definition) is 1. The first-order chi connectivity index (χ1) is 6.81. The smallest absolute Gasteiger partial charge is 0.0493 e. The molecule has 0 radical (unpaired) electrons. The number of hydrogen-bond donors (Lipinski definition) is 1. The summed E-state index contributed by atoms with van der Waals surface area (Å²) in [6.45, 7) is 2.34. The number of benzene rings is 1. The van der Waals surface area contributed by atoms with Crippen LogP contribution in [0, 0.1) is 5.92 Å². The van der Waals surface area contributed by atoms with Crippen LogP contribution < -0.4 is 0 Å². The second-order valence-electron chi connectivity index (χ2n) is 4.00. The van der Waals surface area contributed by atoms with Gasteiger partial charge in [0.1, 0.15) is 0 Å². The third kappa shape index (κ3) is 1.73. The molecule has 0 saturated carbocycles. The fraction of sp³-hybridized carbons (Fsp3) is 0.385. The van der Waals surface area contributed by atoms with Crippen LogP contribution in [0.25, 0.3) is 6.08 Å². The fourth-order valence-electron chi connectivity index (χ4n) is 1.96. The summed E-state index contributed by atoms with van der Waals surface area (Å²) in [5.74, 6) is 0.309. The van der Waals surface area contributed by atoms with Crippen molar-refractivity contribution in [1.29, 1.82) is 0 Å². The third-order valence-electron chi connectivity index (χ3n) is 2.99. The van der Waals surface area contributed by atoms with E-state index in [-0.39, 0.29) is 6.61 Å². The van der Waals surface area contributed by atoms with Crippen molar-refractivity contribution in [2.24, 2.45) is 5.92 Å². The van der Waals surface area contributed by atoms with E-state index in [1.807, 2.05) is 0 Å². The summed E-state index contributed by atoms with van der Waals surface area (Å²) < 4.78 is 0. The van der Waals surface area contributed by atoms with Crippen molar-refractivity contribution >= 4 is 6.08 Å². The molecule has 1 atom stereocenters. The van der Waals surface area contributed by atoms with Gasteiger partial charge in [-0.05, 0) is 24.0 Å². The second kappa shape index (κ2) is 3.97. The quantitative estimate of drug-likeness (QED) is 0.756. The zero-order valence-electron chi connectivity index (χ0n) is 8.53. The van der Waals surface area contributed by atoms with Crippen molar-refractivity contribution in [1.82, 2.24) is 0 Å². The maximum absolute atomic E-state index is 9.09. The molecular weight excluding hydrogens is 172 g/mol. The van der Waals surface area contributed by atoms with Crippen LogP contribution in [0.4, 0.5) is 0 Å². The Morgan fingerprint density at radius 1 is 1.29 bits per heavy atom. The van der Waals surface area contributed by atoms with E-state index in [1.54, 1.807) is 0 Å². The van der Waals surface area contributed by atoms with Gasteiger partial charge in [0.05, 0.1) is 0 Å². The van der Waals surface area contributed by atoms with E-state index in [2.05, 4.69) is 37.3 Å². The Labute approximate surface area is 85.1 Å². The first kappa shape index (κ1) is 9.47. The molecule has 1 heteroatoms. The monoisotopic (exact) mass is 188 g/mol. The molecule has 1 N–H and O–H groups in total. The number of rotatable bonds is 2. The number of aliphatic hydroxyl groups is 1. The zero-order chi connectivity index (χ0) is 9.97. The molecule has 0 heterocycles. The predicted molar refractivity (Wildman–Crippen MR) is 59.0 cm³/mol. The van der Waals surface area contributed by atoms with E-state index in [0.29, 0.717) is 5.92 Å². The molecular formula is C13H16O. The highest BCUT2D eigenvalue weighted by molar-refractivity contribution is 5.59. The molecule has 74 valence electrons. The largest absolute Gasteiger partial charge is 0.396 e. The van der Waals surface area contributed by atoms with Crippen LogP contribution >= 0.6 is 0 Å². The normalized spacial score (nSPS) is 17.1. The van der Waals surface area contributed by atoms with Gasteiger partial charge in [0.2, 0.25) is 0 Å². The molecule has 0 aromatic heterocycles. The minimum absolute atomic E-state index is 0.258. The van der Waals surface area contributed by atoms with E-state index >= 15 is 0 Å². The molecule has 1 aliphatic carbocycles. The summed E-state index contributed by atoms with van der Waals surface area (Å²) in [5, 5.41) is 9.09. The molecule has 0 aliphatic heterocycles. The first-order valence-electron chi connectivity index (χ1n) is 5.20. The van der Waals surface area contributed by atoms with Crippen LogP contribution in [-0.4, -0.2) is 11.7 Å². The van der Waals surface area contributed by atoms with Crippen molar-refractivity contribution in [3.05, 3.63) is 41.0 Å². The van der Waals surface area contributed by atoms with Gasteiger partial charge in [-0.3, -0.25) is 0 Å². The van der Waals surface area contributed by atoms with Gasteiger partial charge in [-0.25, -0.2) is 0 Å². The van der Waals surface area contributed by atoms with E-state index in [4.69, 9.17) is 5.11 Å². The molecule has 2 rings (SSSR count). The van der Waals surface area contributed by atoms with E-state index in [0.717, 1.165) is 12.8 Å². The Balaban J connectivity index is 2.31. The van der Waals surface area contributed by atoms with E-state index in [1.165, 1.54) is 16.7 Å². The third-order valence-corrected chi connectivity index (χ3v) is 2.99. The van der Waals surface area contributed by atoms with Gasteiger partial charge in [-0.2, -0.15) is 0 Å². The van der Waals surface area contributed by atoms with Crippen molar-refractivity contribution < 1.29 is 5.11 Å². The van der Waals surface area contributed by atoms with Crippen molar-refractivity contribution in [2.45, 2.75) is 19.8 Å². The van der Waals surface area contributed by atoms with Crippen LogP contribution in [0.5, 0.6) is 0 Å². The van der Waals surface area contributed by atoms with Crippen molar-refractivity contribution in [2.75, 3.05) is 6.61 Å². The lowest BCUT2D eigenvalue weighted by molar-refractivity contribution is 0.254. The Kier molecular flexibility index (Phi) is 2.69.